The second-order valence-electron chi connectivity index (χ2n) is 6.82. The van der Waals surface area contributed by atoms with Crippen LogP contribution in [0.3, 0.4) is 0 Å². The molecule has 0 heterocycles. The summed E-state index contributed by atoms with van der Waals surface area (Å²) in [6.07, 6.45) is 19.0. The first-order chi connectivity index (χ1) is 10.8. The van der Waals surface area contributed by atoms with Gasteiger partial charge in [-0.15, -0.1) is 0 Å². The fourth-order valence-corrected chi connectivity index (χ4v) is 3.26. The average Bonchev–Trinajstić information content (AvgIpc) is 2.50. The standard InChI is InChI=1S/C19H37NO2/c20-17-13-9-8-12-16-19(21)22-18-14-10-6-4-2-1-3-5-7-11-15-18/h18H,1-17,20H2. The minimum Gasteiger partial charge on any atom is -0.462 e. The molecule has 3 heteroatoms. The highest BCUT2D eigenvalue weighted by Crippen LogP contribution is 2.19. The lowest BCUT2D eigenvalue weighted by Gasteiger charge is -2.18. The van der Waals surface area contributed by atoms with Gasteiger partial charge in [0, 0.05) is 6.42 Å². The van der Waals surface area contributed by atoms with E-state index >= 15 is 0 Å². The highest BCUT2D eigenvalue weighted by atomic mass is 16.5. The minimum atomic E-state index is 0.0184. The van der Waals surface area contributed by atoms with Crippen LogP contribution in [0.1, 0.15) is 103 Å². The lowest BCUT2D eigenvalue weighted by atomic mass is 9.99. The van der Waals surface area contributed by atoms with Gasteiger partial charge in [-0.25, -0.2) is 0 Å². The molecule has 0 radical (unpaired) electrons. The third-order valence-electron chi connectivity index (χ3n) is 4.69. The number of hydrogen-bond acceptors (Lipinski definition) is 3. The molecule has 1 fully saturated rings. The van der Waals surface area contributed by atoms with Crippen LogP contribution in [-0.2, 0) is 9.53 Å². The molecule has 1 saturated carbocycles. The minimum absolute atomic E-state index is 0.0184. The molecule has 0 amide bonds. The first-order valence-corrected chi connectivity index (χ1v) is 9.72. The number of unbranched alkanes of at least 4 members (excludes halogenated alkanes) is 3. The van der Waals surface area contributed by atoms with Crippen molar-refractivity contribution in [2.75, 3.05) is 6.54 Å². The second kappa shape index (κ2) is 14.0. The van der Waals surface area contributed by atoms with Gasteiger partial charge in [0.15, 0.2) is 0 Å². The molecular formula is C19H37NO2. The second-order valence-corrected chi connectivity index (χ2v) is 6.82. The molecule has 130 valence electrons. The average molecular weight is 312 g/mol. The molecule has 0 unspecified atom stereocenters. The maximum atomic E-state index is 12.0. The van der Waals surface area contributed by atoms with Crippen LogP contribution in [0.2, 0.25) is 0 Å². The van der Waals surface area contributed by atoms with Gasteiger partial charge in [-0.3, -0.25) is 4.79 Å². The molecule has 0 aromatic carbocycles. The maximum absolute atomic E-state index is 12.0. The van der Waals surface area contributed by atoms with E-state index in [1.165, 1.54) is 57.8 Å². The third kappa shape index (κ3) is 11.1. The molecule has 22 heavy (non-hydrogen) atoms. The van der Waals surface area contributed by atoms with Gasteiger partial charge < -0.3 is 10.5 Å². The molecule has 3 nitrogen and oxygen atoms in total. The van der Waals surface area contributed by atoms with E-state index in [2.05, 4.69) is 0 Å². The van der Waals surface area contributed by atoms with Crippen LogP contribution in [0, 0.1) is 0 Å². The van der Waals surface area contributed by atoms with Crippen molar-refractivity contribution >= 4 is 5.97 Å². The van der Waals surface area contributed by atoms with Crippen molar-refractivity contribution in [3.05, 3.63) is 0 Å². The van der Waals surface area contributed by atoms with Crippen LogP contribution in [0.4, 0.5) is 0 Å². The van der Waals surface area contributed by atoms with Gasteiger partial charge in [0.2, 0.25) is 0 Å². The van der Waals surface area contributed by atoms with Crippen LogP contribution < -0.4 is 5.73 Å². The molecule has 1 aliphatic carbocycles. The zero-order valence-electron chi connectivity index (χ0n) is 14.5. The maximum Gasteiger partial charge on any atom is 0.306 e. The number of nitrogens with two attached hydrogens (primary N) is 1. The molecule has 2 N–H and O–H groups in total. The number of carbonyl (C=O) groups is 1. The number of esters is 1. The Balaban J connectivity index is 2.18. The van der Waals surface area contributed by atoms with Gasteiger partial charge in [-0.05, 0) is 45.1 Å². The lowest BCUT2D eigenvalue weighted by Crippen LogP contribution is -2.18. The number of hydrogen-bond donors (Lipinski definition) is 1. The Bertz CT molecular complexity index is 256. The summed E-state index contributed by atoms with van der Waals surface area (Å²) >= 11 is 0. The first-order valence-electron chi connectivity index (χ1n) is 9.72. The molecule has 0 aliphatic heterocycles. The zero-order valence-corrected chi connectivity index (χ0v) is 14.5. The first kappa shape index (κ1) is 19.5. The lowest BCUT2D eigenvalue weighted by molar-refractivity contribution is -0.150. The number of rotatable bonds is 7. The van der Waals surface area contributed by atoms with E-state index in [0.717, 1.165) is 45.1 Å². The van der Waals surface area contributed by atoms with Crippen molar-refractivity contribution in [3.63, 3.8) is 0 Å². The molecule has 0 aromatic heterocycles. The Hall–Kier alpha value is -0.570. The highest BCUT2D eigenvalue weighted by molar-refractivity contribution is 5.69. The van der Waals surface area contributed by atoms with Gasteiger partial charge in [0.25, 0.3) is 0 Å². The van der Waals surface area contributed by atoms with Crippen LogP contribution in [0.15, 0.2) is 0 Å². The summed E-state index contributed by atoms with van der Waals surface area (Å²) in [5.74, 6) is 0.0184. The van der Waals surface area contributed by atoms with Crippen LogP contribution in [-0.4, -0.2) is 18.6 Å². The summed E-state index contributed by atoms with van der Waals surface area (Å²) in [4.78, 5) is 12.0. The van der Waals surface area contributed by atoms with Crippen LogP contribution in [0.5, 0.6) is 0 Å². The van der Waals surface area contributed by atoms with E-state index in [0.29, 0.717) is 6.42 Å². The molecule has 1 aliphatic rings. The smallest absolute Gasteiger partial charge is 0.306 e. The summed E-state index contributed by atoms with van der Waals surface area (Å²) in [6.45, 7) is 0.756. The van der Waals surface area contributed by atoms with Gasteiger partial charge in [0.05, 0.1) is 0 Å². The van der Waals surface area contributed by atoms with Crippen molar-refractivity contribution in [2.24, 2.45) is 5.73 Å². The van der Waals surface area contributed by atoms with Crippen molar-refractivity contribution in [2.45, 2.75) is 109 Å². The van der Waals surface area contributed by atoms with Crippen molar-refractivity contribution in [1.82, 2.24) is 0 Å². The molecule has 0 atom stereocenters. The van der Waals surface area contributed by atoms with Crippen molar-refractivity contribution < 1.29 is 9.53 Å². The molecule has 0 aromatic rings. The zero-order chi connectivity index (χ0) is 15.9. The molecule has 0 spiro atoms. The van der Waals surface area contributed by atoms with Crippen LogP contribution in [0.25, 0.3) is 0 Å². The normalized spacial score (nSPS) is 19.1. The largest absolute Gasteiger partial charge is 0.462 e. The van der Waals surface area contributed by atoms with Crippen LogP contribution >= 0.6 is 0 Å². The predicted molar refractivity (Wildman–Crippen MR) is 92.8 cm³/mol. The van der Waals surface area contributed by atoms with E-state index < -0.39 is 0 Å². The highest BCUT2D eigenvalue weighted by Gasteiger charge is 2.14. The summed E-state index contributed by atoms with van der Waals surface area (Å²) < 4.78 is 5.74. The Morgan fingerprint density at radius 2 is 1.27 bits per heavy atom. The van der Waals surface area contributed by atoms with Crippen molar-refractivity contribution in [1.29, 1.82) is 0 Å². The van der Waals surface area contributed by atoms with E-state index in [-0.39, 0.29) is 12.1 Å². The molecule has 0 saturated heterocycles. The Morgan fingerprint density at radius 1 is 0.773 bits per heavy atom. The summed E-state index contributed by atoms with van der Waals surface area (Å²) in [5.41, 5.74) is 5.47. The van der Waals surface area contributed by atoms with Crippen molar-refractivity contribution in [3.8, 4) is 0 Å². The third-order valence-corrected chi connectivity index (χ3v) is 4.69. The van der Waals surface area contributed by atoms with E-state index in [1.807, 2.05) is 0 Å². The molecule has 1 rings (SSSR count). The molecule has 0 bridgehead atoms. The number of ether oxygens (including phenoxy) is 1. The monoisotopic (exact) mass is 311 g/mol. The quantitative estimate of drug-likeness (QED) is 0.525. The summed E-state index contributed by atoms with van der Waals surface area (Å²) in [6, 6.07) is 0. The van der Waals surface area contributed by atoms with Gasteiger partial charge in [-0.1, -0.05) is 57.8 Å². The van der Waals surface area contributed by atoms with E-state index in [9.17, 15) is 4.79 Å². The molecular weight excluding hydrogens is 274 g/mol. The predicted octanol–water partition coefficient (Wildman–Crippen LogP) is 5.11. The topological polar surface area (TPSA) is 52.3 Å². The van der Waals surface area contributed by atoms with Gasteiger partial charge >= 0.3 is 5.97 Å². The van der Waals surface area contributed by atoms with E-state index in [1.54, 1.807) is 0 Å². The summed E-state index contributed by atoms with van der Waals surface area (Å²) in [5, 5.41) is 0. The van der Waals surface area contributed by atoms with Gasteiger partial charge in [0.1, 0.15) is 6.10 Å². The SMILES string of the molecule is NCCCCCCC(=O)OC1CCCCCCCCCCC1. The Labute approximate surface area is 137 Å². The Kier molecular flexibility index (Phi) is 12.4. The Morgan fingerprint density at radius 3 is 1.82 bits per heavy atom. The van der Waals surface area contributed by atoms with Gasteiger partial charge in [-0.2, -0.15) is 0 Å². The fourth-order valence-electron chi connectivity index (χ4n) is 3.26. The summed E-state index contributed by atoms with van der Waals surface area (Å²) in [7, 11) is 0. The van der Waals surface area contributed by atoms with E-state index in [4.69, 9.17) is 10.5 Å². The number of carbonyl (C=O) groups excluding carboxylic acids is 1. The fraction of sp³-hybridized carbons (Fsp3) is 0.947.